The van der Waals surface area contributed by atoms with Crippen molar-refractivity contribution >= 4 is 33.5 Å². The van der Waals surface area contributed by atoms with Gasteiger partial charge in [-0.15, -0.1) is 0 Å². The van der Waals surface area contributed by atoms with Crippen molar-refractivity contribution in [3.8, 4) is 0 Å². The van der Waals surface area contributed by atoms with Crippen LogP contribution in [0.25, 0.3) is 0 Å². The molecule has 1 heterocycles. The highest BCUT2D eigenvalue weighted by Crippen LogP contribution is 2.23. The molecular formula is C16H12N2O6S. The standard InChI is InChI=1S/C16H12N2O6S/c1-25(22,23)17-11-8-6-10(7-9-11)16(21)24-18-14(19)12-4-2-3-5-13(12)15(18)20/h2-9,17H,1H3. The van der Waals surface area contributed by atoms with Gasteiger partial charge >= 0.3 is 5.97 Å². The van der Waals surface area contributed by atoms with Gasteiger partial charge in [0.2, 0.25) is 10.0 Å². The predicted octanol–water partition coefficient (Wildman–Crippen LogP) is 1.43. The molecule has 0 unspecified atom stereocenters. The zero-order valence-electron chi connectivity index (χ0n) is 12.9. The van der Waals surface area contributed by atoms with Gasteiger partial charge in [-0.25, -0.2) is 13.2 Å². The molecule has 0 saturated heterocycles. The number of imide groups is 1. The number of rotatable bonds is 4. The van der Waals surface area contributed by atoms with Crippen molar-refractivity contribution < 1.29 is 27.6 Å². The minimum atomic E-state index is -3.44. The summed E-state index contributed by atoms with van der Waals surface area (Å²) in [5.41, 5.74) is 0.636. The first kappa shape index (κ1) is 16.7. The van der Waals surface area contributed by atoms with Crippen LogP contribution in [0.2, 0.25) is 0 Å². The van der Waals surface area contributed by atoms with Crippen LogP contribution in [-0.4, -0.2) is 37.5 Å². The smallest absolute Gasteiger partial charge is 0.324 e. The van der Waals surface area contributed by atoms with E-state index in [1.165, 1.54) is 36.4 Å². The minimum absolute atomic E-state index is 0.0515. The van der Waals surface area contributed by atoms with Crippen LogP contribution in [0.15, 0.2) is 48.5 Å². The van der Waals surface area contributed by atoms with Crippen LogP contribution in [-0.2, 0) is 14.9 Å². The second-order valence-electron chi connectivity index (χ2n) is 5.28. The van der Waals surface area contributed by atoms with Crippen molar-refractivity contribution in [3.63, 3.8) is 0 Å². The highest BCUT2D eigenvalue weighted by Gasteiger charge is 2.38. The third-order valence-corrected chi connectivity index (χ3v) is 3.96. The third-order valence-electron chi connectivity index (χ3n) is 3.35. The molecule has 8 nitrogen and oxygen atoms in total. The number of hydrogen-bond acceptors (Lipinski definition) is 6. The maximum absolute atomic E-state index is 12.1. The predicted molar refractivity (Wildman–Crippen MR) is 87.3 cm³/mol. The van der Waals surface area contributed by atoms with E-state index in [1.807, 2.05) is 0 Å². The number of hydroxylamine groups is 2. The van der Waals surface area contributed by atoms with Crippen molar-refractivity contribution in [3.05, 3.63) is 65.2 Å². The fraction of sp³-hybridized carbons (Fsp3) is 0.0625. The lowest BCUT2D eigenvalue weighted by Crippen LogP contribution is -2.32. The summed E-state index contributed by atoms with van der Waals surface area (Å²) in [5.74, 6) is -2.35. The second-order valence-corrected chi connectivity index (χ2v) is 7.03. The van der Waals surface area contributed by atoms with Crippen LogP contribution in [0.5, 0.6) is 0 Å². The first-order valence-electron chi connectivity index (χ1n) is 7.04. The Bertz CT molecular complexity index is 947. The molecule has 0 aliphatic carbocycles. The summed E-state index contributed by atoms with van der Waals surface area (Å²) >= 11 is 0. The normalized spacial score (nSPS) is 13.6. The van der Waals surface area contributed by atoms with Crippen molar-refractivity contribution in [2.24, 2.45) is 0 Å². The summed E-state index contributed by atoms with van der Waals surface area (Å²) in [4.78, 5) is 41.3. The Hall–Kier alpha value is -3.20. The van der Waals surface area contributed by atoms with Crippen molar-refractivity contribution in [1.29, 1.82) is 0 Å². The molecule has 1 N–H and O–H groups in total. The van der Waals surface area contributed by atoms with Gasteiger partial charge in [0, 0.05) is 5.69 Å². The molecule has 0 spiro atoms. The van der Waals surface area contributed by atoms with Crippen LogP contribution >= 0.6 is 0 Å². The molecule has 1 aliphatic rings. The van der Waals surface area contributed by atoms with E-state index in [-0.39, 0.29) is 22.4 Å². The summed E-state index contributed by atoms with van der Waals surface area (Å²) in [6.07, 6.45) is 0.997. The molecule has 9 heteroatoms. The maximum Gasteiger partial charge on any atom is 0.363 e. The number of carbonyl (C=O) groups excluding carboxylic acids is 3. The van der Waals surface area contributed by atoms with E-state index in [4.69, 9.17) is 4.84 Å². The van der Waals surface area contributed by atoms with Crippen LogP contribution < -0.4 is 4.72 Å². The summed E-state index contributed by atoms with van der Waals surface area (Å²) in [5, 5.41) is 0.412. The fourth-order valence-corrected chi connectivity index (χ4v) is 2.84. The van der Waals surface area contributed by atoms with Gasteiger partial charge in [0.15, 0.2) is 0 Å². The van der Waals surface area contributed by atoms with Gasteiger partial charge in [0.25, 0.3) is 11.8 Å². The summed E-state index contributed by atoms with van der Waals surface area (Å²) in [6.45, 7) is 0. The molecule has 0 saturated carbocycles. The van der Waals surface area contributed by atoms with Crippen molar-refractivity contribution in [2.45, 2.75) is 0 Å². The molecular weight excluding hydrogens is 348 g/mol. The molecule has 0 bridgehead atoms. The first-order valence-corrected chi connectivity index (χ1v) is 8.93. The molecule has 0 radical (unpaired) electrons. The number of hydrogen-bond donors (Lipinski definition) is 1. The SMILES string of the molecule is CS(=O)(=O)Nc1ccc(C(=O)ON2C(=O)c3ccccc3C2=O)cc1. The van der Waals surface area contributed by atoms with Gasteiger partial charge in [-0.1, -0.05) is 17.2 Å². The van der Waals surface area contributed by atoms with E-state index in [9.17, 15) is 22.8 Å². The highest BCUT2D eigenvalue weighted by molar-refractivity contribution is 7.92. The van der Waals surface area contributed by atoms with E-state index in [2.05, 4.69) is 4.72 Å². The number of carbonyl (C=O) groups is 3. The Morgan fingerprint density at radius 2 is 1.48 bits per heavy atom. The molecule has 1 aliphatic heterocycles. The number of nitrogens with zero attached hydrogens (tertiary/aromatic N) is 1. The van der Waals surface area contributed by atoms with Gasteiger partial charge < -0.3 is 4.84 Å². The summed E-state index contributed by atoms with van der Waals surface area (Å²) in [6, 6.07) is 11.5. The molecule has 25 heavy (non-hydrogen) atoms. The lowest BCUT2D eigenvalue weighted by atomic mass is 10.1. The molecule has 0 atom stereocenters. The van der Waals surface area contributed by atoms with Crippen LogP contribution in [0.4, 0.5) is 5.69 Å². The highest BCUT2D eigenvalue weighted by atomic mass is 32.2. The fourth-order valence-electron chi connectivity index (χ4n) is 2.27. The Labute approximate surface area is 143 Å². The van der Waals surface area contributed by atoms with E-state index >= 15 is 0 Å². The van der Waals surface area contributed by atoms with Crippen LogP contribution in [0.3, 0.4) is 0 Å². The average molecular weight is 360 g/mol. The summed E-state index contributed by atoms with van der Waals surface area (Å²) < 4.78 is 24.5. The lowest BCUT2D eigenvalue weighted by molar-refractivity contribution is -0.0584. The molecule has 2 amide bonds. The van der Waals surface area contributed by atoms with Gasteiger partial charge in [0.05, 0.1) is 22.9 Å². The number of amides is 2. The topological polar surface area (TPSA) is 110 Å². The molecule has 2 aromatic rings. The summed E-state index contributed by atoms with van der Waals surface area (Å²) in [7, 11) is -3.44. The Morgan fingerprint density at radius 3 is 1.96 bits per heavy atom. The quantitative estimate of drug-likeness (QED) is 0.826. The third kappa shape index (κ3) is 3.36. The second kappa shape index (κ2) is 6.02. The lowest BCUT2D eigenvalue weighted by Gasteiger charge is -2.12. The van der Waals surface area contributed by atoms with E-state index in [1.54, 1.807) is 12.1 Å². The first-order chi connectivity index (χ1) is 11.8. The molecule has 0 fully saturated rings. The Balaban J connectivity index is 1.75. The van der Waals surface area contributed by atoms with E-state index < -0.39 is 27.8 Å². The minimum Gasteiger partial charge on any atom is -0.324 e. The van der Waals surface area contributed by atoms with Crippen LogP contribution in [0.1, 0.15) is 31.1 Å². The molecule has 128 valence electrons. The Kier molecular flexibility index (Phi) is 4.01. The number of fused-ring (bicyclic) bond motifs is 1. The van der Waals surface area contributed by atoms with Crippen LogP contribution in [0, 0.1) is 0 Å². The van der Waals surface area contributed by atoms with E-state index in [0.29, 0.717) is 5.06 Å². The average Bonchev–Trinajstić information content (AvgIpc) is 2.79. The van der Waals surface area contributed by atoms with E-state index in [0.717, 1.165) is 6.26 Å². The van der Waals surface area contributed by atoms with Gasteiger partial charge in [-0.05, 0) is 36.4 Å². The molecule has 2 aromatic carbocycles. The monoisotopic (exact) mass is 360 g/mol. The zero-order chi connectivity index (χ0) is 18.2. The van der Waals surface area contributed by atoms with Crippen molar-refractivity contribution in [2.75, 3.05) is 11.0 Å². The van der Waals surface area contributed by atoms with Crippen molar-refractivity contribution in [1.82, 2.24) is 5.06 Å². The zero-order valence-corrected chi connectivity index (χ0v) is 13.7. The number of benzene rings is 2. The number of sulfonamides is 1. The molecule has 0 aromatic heterocycles. The Morgan fingerprint density at radius 1 is 0.960 bits per heavy atom. The van der Waals surface area contributed by atoms with Gasteiger partial charge in [0.1, 0.15) is 0 Å². The maximum atomic E-state index is 12.1. The van der Waals surface area contributed by atoms with Gasteiger partial charge in [-0.3, -0.25) is 14.3 Å². The number of anilines is 1. The van der Waals surface area contributed by atoms with Gasteiger partial charge in [-0.2, -0.15) is 0 Å². The number of nitrogens with one attached hydrogen (secondary N) is 1. The largest absolute Gasteiger partial charge is 0.363 e. The molecule has 3 rings (SSSR count).